The number of aromatic nitrogens is 4. The van der Waals surface area contributed by atoms with Gasteiger partial charge in [-0.3, -0.25) is 0 Å². The number of rotatable bonds is 4. The van der Waals surface area contributed by atoms with Crippen LogP contribution in [0, 0.1) is 5.82 Å². The highest BCUT2D eigenvalue weighted by atomic mass is 19.1. The number of H-pyrrole nitrogens is 1. The summed E-state index contributed by atoms with van der Waals surface area (Å²) in [6, 6.07) is 14.8. The SMILES string of the molecule is Fc1ccccc1CCc1ccc(-c2nn[nH]n2)cc1. The lowest BCUT2D eigenvalue weighted by atomic mass is 10.0. The van der Waals surface area contributed by atoms with Crippen LogP contribution in [0.25, 0.3) is 11.4 Å². The topological polar surface area (TPSA) is 54.5 Å². The number of hydrogen-bond donors (Lipinski definition) is 1. The Morgan fingerprint density at radius 3 is 2.45 bits per heavy atom. The van der Waals surface area contributed by atoms with Crippen LogP contribution in [0.15, 0.2) is 48.5 Å². The van der Waals surface area contributed by atoms with Gasteiger partial charge in [-0.1, -0.05) is 42.5 Å². The second-order valence-corrected chi connectivity index (χ2v) is 4.52. The van der Waals surface area contributed by atoms with Crippen LogP contribution in [0.5, 0.6) is 0 Å². The highest BCUT2D eigenvalue weighted by Gasteiger charge is 2.04. The van der Waals surface area contributed by atoms with E-state index in [2.05, 4.69) is 20.6 Å². The fraction of sp³-hybridized carbons (Fsp3) is 0.133. The first kappa shape index (κ1) is 12.5. The van der Waals surface area contributed by atoms with Gasteiger partial charge in [-0.15, -0.1) is 10.2 Å². The van der Waals surface area contributed by atoms with Crippen molar-refractivity contribution in [1.29, 1.82) is 0 Å². The molecule has 0 spiro atoms. The van der Waals surface area contributed by atoms with Crippen LogP contribution in [0.1, 0.15) is 11.1 Å². The van der Waals surface area contributed by atoms with Crippen LogP contribution >= 0.6 is 0 Å². The molecule has 0 unspecified atom stereocenters. The van der Waals surface area contributed by atoms with E-state index in [0.29, 0.717) is 12.2 Å². The second-order valence-electron chi connectivity index (χ2n) is 4.52. The van der Waals surface area contributed by atoms with Gasteiger partial charge < -0.3 is 0 Å². The number of tetrazole rings is 1. The molecule has 1 aromatic heterocycles. The smallest absolute Gasteiger partial charge is 0.204 e. The maximum atomic E-state index is 13.5. The summed E-state index contributed by atoms with van der Waals surface area (Å²) >= 11 is 0. The van der Waals surface area contributed by atoms with Crippen LogP contribution in [0.4, 0.5) is 4.39 Å². The Kier molecular flexibility index (Phi) is 3.50. The summed E-state index contributed by atoms with van der Waals surface area (Å²) in [5.74, 6) is 0.432. The molecule has 4 nitrogen and oxygen atoms in total. The maximum Gasteiger partial charge on any atom is 0.204 e. The standard InChI is InChI=1S/C15H13FN4/c16-14-4-2-1-3-12(14)8-5-11-6-9-13(10-7-11)15-17-19-20-18-15/h1-4,6-7,9-10H,5,8H2,(H,17,18,19,20). The molecular weight excluding hydrogens is 255 g/mol. The van der Waals surface area contributed by atoms with Gasteiger partial charge in [0, 0.05) is 5.56 Å². The summed E-state index contributed by atoms with van der Waals surface area (Å²) in [4.78, 5) is 0. The number of aryl methyl sites for hydroxylation is 2. The maximum absolute atomic E-state index is 13.5. The van der Waals surface area contributed by atoms with E-state index in [9.17, 15) is 4.39 Å². The predicted octanol–water partition coefficient (Wildman–Crippen LogP) is 2.79. The highest BCUT2D eigenvalue weighted by molar-refractivity contribution is 5.54. The first-order valence-electron chi connectivity index (χ1n) is 6.39. The van der Waals surface area contributed by atoms with Gasteiger partial charge in [0.1, 0.15) is 5.82 Å². The Morgan fingerprint density at radius 2 is 1.75 bits per heavy atom. The van der Waals surface area contributed by atoms with Crippen molar-refractivity contribution in [2.24, 2.45) is 0 Å². The van der Waals surface area contributed by atoms with Crippen LogP contribution in [0.3, 0.4) is 0 Å². The van der Waals surface area contributed by atoms with Gasteiger partial charge in [0.25, 0.3) is 0 Å². The second kappa shape index (κ2) is 5.61. The molecule has 3 rings (SSSR count). The lowest BCUT2D eigenvalue weighted by Crippen LogP contribution is -1.94. The van der Waals surface area contributed by atoms with Gasteiger partial charge in [-0.25, -0.2) is 4.39 Å². The minimum Gasteiger partial charge on any atom is -0.207 e. The van der Waals surface area contributed by atoms with E-state index >= 15 is 0 Å². The van der Waals surface area contributed by atoms with Crippen LogP contribution in [-0.4, -0.2) is 20.6 Å². The molecule has 100 valence electrons. The molecule has 0 aliphatic carbocycles. The summed E-state index contributed by atoms with van der Waals surface area (Å²) in [6.45, 7) is 0. The Morgan fingerprint density at radius 1 is 0.950 bits per heavy atom. The number of benzene rings is 2. The van der Waals surface area contributed by atoms with Gasteiger partial charge in [-0.05, 0) is 35.2 Å². The number of nitrogens with zero attached hydrogens (tertiary/aromatic N) is 3. The van der Waals surface area contributed by atoms with Crippen LogP contribution in [-0.2, 0) is 12.8 Å². The van der Waals surface area contributed by atoms with Crippen molar-refractivity contribution < 1.29 is 4.39 Å². The molecule has 0 aliphatic heterocycles. The monoisotopic (exact) mass is 268 g/mol. The third-order valence-corrected chi connectivity index (χ3v) is 3.20. The number of nitrogens with one attached hydrogen (secondary N) is 1. The van der Waals surface area contributed by atoms with E-state index < -0.39 is 0 Å². The number of aromatic amines is 1. The fourth-order valence-corrected chi connectivity index (χ4v) is 2.08. The molecule has 0 saturated heterocycles. The van der Waals surface area contributed by atoms with Gasteiger partial charge in [0.2, 0.25) is 5.82 Å². The zero-order valence-electron chi connectivity index (χ0n) is 10.8. The molecule has 0 radical (unpaired) electrons. The van der Waals surface area contributed by atoms with E-state index in [0.717, 1.165) is 23.1 Å². The quantitative estimate of drug-likeness (QED) is 0.791. The Balaban J connectivity index is 1.68. The van der Waals surface area contributed by atoms with E-state index in [1.165, 1.54) is 6.07 Å². The van der Waals surface area contributed by atoms with Crippen LogP contribution in [0.2, 0.25) is 0 Å². The lowest BCUT2D eigenvalue weighted by molar-refractivity contribution is 0.608. The van der Waals surface area contributed by atoms with E-state index in [1.54, 1.807) is 6.07 Å². The Bertz CT molecular complexity index is 677. The lowest BCUT2D eigenvalue weighted by Gasteiger charge is -2.04. The molecule has 5 heteroatoms. The minimum absolute atomic E-state index is 0.143. The van der Waals surface area contributed by atoms with Gasteiger partial charge in [-0.2, -0.15) is 5.21 Å². The van der Waals surface area contributed by atoms with Crippen molar-refractivity contribution in [3.05, 3.63) is 65.5 Å². The molecule has 20 heavy (non-hydrogen) atoms. The summed E-state index contributed by atoms with van der Waals surface area (Å²) < 4.78 is 13.5. The molecule has 0 amide bonds. The van der Waals surface area contributed by atoms with Crippen molar-refractivity contribution in [2.75, 3.05) is 0 Å². The number of halogens is 1. The molecule has 0 fully saturated rings. The zero-order chi connectivity index (χ0) is 13.8. The van der Waals surface area contributed by atoms with E-state index in [1.807, 2.05) is 36.4 Å². The molecule has 1 N–H and O–H groups in total. The van der Waals surface area contributed by atoms with Crippen molar-refractivity contribution in [3.8, 4) is 11.4 Å². The van der Waals surface area contributed by atoms with Crippen LogP contribution < -0.4 is 0 Å². The molecule has 0 saturated carbocycles. The van der Waals surface area contributed by atoms with Crippen molar-refractivity contribution >= 4 is 0 Å². The molecule has 1 heterocycles. The average Bonchev–Trinajstić information content (AvgIpc) is 3.01. The summed E-state index contributed by atoms with van der Waals surface area (Å²) in [5.41, 5.74) is 2.81. The summed E-state index contributed by atoms with van der Waals surface area (Å²) in [5, 5.41) is 13.8. The van der Waals surface area contributed by atoms with Gasteiger partial charge in [0.15, 0.2) is 0 Å². The molecule has 0 atom stereocenters. The number of hydrogen-bond acceptors (Lipinski definition) is 3. The van der Waals surface area contributed by atoms with Gasteiger partial charge >= 0.3 is 0 Å². The van der Waals surface area contributed by atoms with E-state index in [4.69, 9.17) is 0 Å². The first-order chi connectivity index (χ1) is 9.83. The highest BCUT2D eigenvalue weighted by Crippen LogP contribution is 2.16. The molecule has 3 aromatic rings. The van der Waals surface area contributed by atoms with Crippen molar-refractivity contribution in [1.82, 2.24) is 20.6 Å². The van der Waals surface area contributed by atoms with Crippen molar-refractivity contribution in [3.63, 3.8) is 0 Å². The zero-order valence-corrected chi connectivity index (χ0v) is 10.8. The minimum atomic E-state index is -0.143. The largest absolute Gasteiger partial charge is 0.207 e. The summed E-state index contributed by atoms with van der Waals surface area (Å²) in [7, 11) is 0. The molecule has 0 aliphatic rings. The third-order valence-electron chi connectivity index (χ3n) is 3.20. The van der Waals surface area contributed by atoms with Gasteiger partial charge in [0.05, 0.1) is 0 Å². The first-order valence-corrected chi connectivity index (χ1v) is 6.39. The van der Waals surface area contributed by atoms with E-state index in [-0.39, 0.29) is 5.82 Å². The normalized spacial score (nSPS) is 10.7. The van der Waals surface area contributed by atoms with Crippen molar-refractivity contribution in [2.45, 2.75) is 12.8 Å². The predicted molar refractivity (Wildman–Crippen MR) is 73.4 cm³/mol. The third kappa shape index (κ3) is 2.71. The molecule has 2 aromatic carbocycles. The molecule has 0 bridgehead atoms. The Labute approximate surface area is 115 Å². The average molecular weight is 268 g/mol. The fourth-order valence-electron chi connectivity index (χ4n) is 2.08. The Hall–Kier alpha value is -2.56. The summed E-state index contributed by atoms with van der Waals surface area (Å²) in [6.07, 6.45) is 1.49. The molecular formula is C15H13FN4.